The zero-order valence-electron chi connectivity index (χ0n) is 23.5. The number of rotatable bonds is 4. The fourth-order valence-corrected chi connectivity index (χ4v) is 5.38. The first-order chi connectivity index (χ1) is 20.3. The molecular weight excluding hydrogens is 538 g/mol. The second kappa shape index (κ2) is 13.6. The quantitative estimate of drug-likeness (QED) is 0.411. The lowest BCUT2D eigenvalue weighted by Gasteiger charge is -2.33. The molecule has 3 aromatic heterocycles. The molecule has 220 valence electrons. The third-order valence-electron chi connectivity index (χ3n) is 7.52. The van der Waals surface area contributed by atoms with Gasteiger partial charge in [-0.1, -0.05) is 17.2 Å². The monoisotopic (exact) mass is 573 g/mol. The number of terminal acetylenes is 1. The highest BCUT2D eigenvalue weighted by Gasteiger charge is 2.21. The molecule has 6 bridgehead atoms. The molecular formula is C29H35N9O4. The van der Waals surface area contributed by atoms with Crippen molar-refractivity contribution in [3.05, 3.63) is 59.2 Å². The summed E-state index contributed by atoms with van der Waals surface area (Å²) in [5, 5.41) is 27.7. The van der Waals surface area contributed by atoms with Crippen LogP contribution in [0, 0.1) is 12.3 Å². The summed E-state index contributed by atoms with van der Waals surface area (Å²) in [6.07, 6.45) is 7.50. The molecule has 0 aliphatic carbocycles. The summed E-state index contributed by atoms with van der Waals surface area (Å²) in [6, 6.07) is 9.56. The minimum Gasteiger partial charge on any atom is -0.480 e. The number of nitrogens with zero attached hydrogens (tertiary/aromatic N) is 9. The number of pyridine rings is 2. The summed E-state index contributed by atoms with van der Waals surface area (Å²) in [5.41, 5.74) is 4.51. The number of fused-ring (bicyclic) bond motifs is 8. The number of hydrogen-bond acceptors (Lipinski definition) is 10. The van der Waals surface area contributed by atoms with Crippen molar-refractivity contribution in [3.63, 3.8) is 0 Å². The molecule has 1 saturated heterocycles. The molecule has 13 heteroatoms. The molecule has 2 N–H and O–H groups in total. The van der Waals surface area contributed by atoms with Crippen LogP contribution in [0.5, 0.6) is 0 Å². The number of aromatic nitrogens is 5. The second-order valence-corrected chi connectivity index (χ2v) is 10.7. The Bertz CT molecular complexity index is 1420. The van der Waals surface area contributed by atoms with Crippen LogP contribution in [0.25, 0.3) is 11.4 Å². The van der Waals surface area contributed by atoms with Gasteiger partial charge in [0.05, 0.1) is 48.6 Å². The fraction of sp³-hybridized carbons (Fsp3) is 0.448. The average molecular weight is 574 g/mol. The SMILES string of the molecule is C#Cc1cc2nc(c1)Cn1nncc1-c1cccc(n1)CN1CCN(CC(=O)O)CCN(CCN(CC(=O)O)CC1)C2. The van der Waals surface area contributed by atoms with Crippen LogP contribution in [-0.4, -0.2) is 132 Å². The Labute approximate surface area is 244 Å². The van der Waals surface area contributed by atoms with E-state index >= 15 is 0 Å². The number of carboxylic acid groups (broad SMARTS) is 2. The Balaban J connectivity index is 1.58. The van der Waals surface area contributed by atoms with Crippen molar-refractivity contribution in [2.45, 2.75) is 19.6 Å². The molecule has 0 unspecified atom stereocenters. The standard InChI is InChI=1S/C29H35N9O4/c1-2-22-14-24-18-35-8-12-36(20-28(39)40)10-6-34(7-11-37(13-9-35)21-29(41)42)17-23-4-3-5-26(32-23)27-16-30-33-38(27)19-25(15-22)31-24/h1,3-5,14-16H,6-13,17-21H2,(H,39,40)(H,41,42). The molecule has 3 aromatic rings. The van der Waals surface area contributed by atoms with E-state index in [1.165, 1.54) is 0 Å². The molecule has 1 fully saturated rings. The minimum atomic E-state index is -0.873. The third kappa shape index (κ3) is 7.95. The van der Waals surface area contributed by atoms with Crippen molar-refractivity contribution >= 4 is 11.9 Å². The fourth-order valence-electron chi connectivity index (χ4n) is 5.38. The van der Waals surface area contributed by atoms with Gasteiger partial charge in [-0.05, 0) is 24.3 Å². The average Bonchev–Trinajstić information content (AvgIpc) is 3.41. The van der Waals surface area contributed by atoms with E-state index in [2.05, 4.69) is 26.0 Å². The van der Waals surface area contributed by atoms with E-state index in [0.29, 0.717) is 77.6 Å². The first-order valence-corrected chi connectivity index (χ1v) is 14.0. The van der Waals surface area contributed by atoms with Gasteiger partial charge in [-0.2, -0.15) is 0 Å². The van der Waals surface area contributed by atoms with Crippen molar-refractivity contribution < 1.29 is 19.8 Å². The highest BCUT2D eigenvalue weighted by molar-refractivity contribution is 5.69. The molecule has 0 amide bonds. The summed E-state index contributed by atoms with van der Waals surface area (Å²) in [4.78, 5) is 41.6. The molecule has 0 radical (unpaired) electrons. The van der Waals surface area contributed by atoms with E-state index in [0.717, 1.165) is 28.5 Å². The van der Waals surface area contributed by atoms with Gasteiger partial charge < -0.3 is 10.2 Å². The topological polar surface area (TPSA) is 144 Å². The molecule has 0 aromatic carbocycles. The van der Waals surface area contributed by atoms with E-state index < -0.39 is 11.9 Å². The molecule has 42 heavy (non-hydrogen) atoms. The van der Waals surface area contributed by atoms with Crippen molar-refractivity contribution in [1.29, 1.82) is 0 Å². The highest BCUT2D eigenvalue weighted by atomic mass is 16.4. The summed E-state index contributed by atoms with van der Waals surface area (Å²) >= 11 is 0. The van der Waals surface area contributed by atoms with Crippen molar-refractivity contribution in [2.75, 3.05) is 65.4 Å². The Morgan fingerprint density at radius 3 is 1.93 bits per heavy atom. The van der Waals surface area contributed by atoms with Crippen molar-refractivity contribution in [1.82, 2.24) is 44.6 Å². The van der Waals surface area contributed by atoms with Gasteiger partial charge in [-0.15, -0.1) is 11.5 Å². The summed E-state index contributed by atoms with van der Waals surface area (Å²) in [7, 11) is 0. The van der Waals surface area contributed by atoms with Gasteiger partial charge in [0.2, 0.25) is 0 Å². The van der Waals surface area contributed by atoms with Crippen LogP contribution in [0.1, 0.15) is 22.6 Å². The molecule has 13 nitrogen and oxygen atoms in total. The van der Waals surface area contributed by atoms with E-state index in [-0.39, 0.29) is 13.1 Å². The van der Waals surface area contributed by atoms with Gasteiger partial charge in [0.25, 0.3) is 0 Å². The van der Waals surface area contributed by atoms with Crippen LogP contribution in [-0.2, 0) is 29.2 Å². The number of hydrogen-bond donors (Lipinski definition) is 2. The molecule has 0 spiro atoms. The van der Waals surface area contributed by atoms with Gasteiger partial charge in [-0.3, -0.25) is 34.2 Å². The number of aliphatic carboxylic acids is 2. The Morgan fingerprint density at radius 2 is 1.36 bits per heavy atom. The van der Waals surface area contributed by atoms with Crippen LogP contribution >= 0.6 is 0 Å². The predicted molar refractivity (Wildman–Crippen MR) is 153 cm³/mol. The Hall–Kier alpha value is -4.22. The first kappa shape index (κ1) is 29.3. The van der Waals surface area contributed by atoms with Gasteiger partial charge in [0, 0.05) is 71.0 Å². The van der Waals surface area contributed by atoms with E-state index in [1.54, 1.807) is 10.9 Å². The summed E-state index contributed by atoms with van der Waals surface area (Å²) < 4.78 is 1.77. The van der Waals surface area contributed by atoms with Crippen molar-refractivity contribution in [3.8, 4) is 23.7 Å². The number of carbonyl (C=O) groups is 2. The molecule has 6 rings (SSSR count). The third-order valence-corrected chi connectivity index (χ3v) is 7.52. The Kier molecular flexibility index (Phi) is 9.50. The maximum absolute atomic E-state index is 11.7. The predicted octanol–water partition coefficient (Wildman–Crippen LogP) is 0.169. The van der Waals surface area contributed by atoms with Crippen LogP contribution in [0.15, 0.2) is 36.5 Å². The van der Waals surface area contributed by atoms with Gasteiger partial charge >= 0.3 is 11.9 Å². The smallest absolute Gasteiger partial charge is 0.317 e. The zero-order chi connectivity index (χ0) is 29.5. The van der Waals surface area contributed by atoms with Crippen LogP contribution in [0.2, 0.25) is 0 Å². The van der Waals surface area contributed by atoms with E-state index in [1.807, 2.05) is 40.1 Å². The molecule has 0 atom stereocenters. The van der Waals surface area contributed by atoms with Gasteiger partial charge in [-0.25, -0.2) is 9.67 Å². The molecule has 3 aliphatic rings. The zero-order valence-corrected chi connectivity index (χ0v) is 23.5. The largest absolute Gasteiger partial charge is 0.480 e. The normalized spacial score (nSPS) is 20.6. The minimum absolute atomic E-state index is 0.0630. The van der Waals surface area contributed by atoms with Crippen LogP contribution < -0.4 is 0 Å². The number of carboxylic acids is 2. The lowest BCUT2D eigenvalue weighted by molar-refractivity contribution is -0.139. The van der Waals surface area contributed by atoms with Gasteiger partial charge in [0.15, 0.2) is 0 Å². The maximum atomic E-state index is 11.7. The lowest BCUT2D eigenvalue weighted by Crippen LogP contribution is -2.47. The first-order valence-electron chi connectivity index (χ1n) is 14.0. The molecule has 6 heterocycles. The van der Waals surface area contributed by atoms with Crippen molar-refractivity contribution in [2.24, 2.45) is 0 Å². The molecule has 0 saturated carbocycles. The highest BCUT2D eigenvalue weighted by Crippen LogP contribution is 2.19. The molecule has 3 aliphatic heterocycles. The van der Waals surface area contributed by atoms with E-state index in [9.17, 15) is 19.8 Å². The van der Waals surface area contributed by atoms with Gasteiger partial charge in [0.1, 0.15) is 5.69 Å². The lowest BCUT2D eigenvalue weighted by atomic mass is 10.1. The summed E-state index contributed by atoms with van der Waals surface area (Å²) in [5.74, 6) is 0.984. The van der Waals surface area contributed by atoms with Crippen LogP contribution in [0.4, 0.5) is 0 Å². The second-order valence-electron chi connectivity index (χ2n) is 10.7. The van der Waals surface area contributed by atoms with E-state index in [4.69, 9.17) is 16.4 Å². The van der Waals surface area contributed by atoms with Crippen LogP contribution in [0.3, 0.4) is 0 Å². The maximum Gasteiger partial charge on any atom is 0.317 e. The summed E-state index contributed by atoms with van der Waals surface area (Å²) in [6.45, 7) is 5.78. The Morgan fingerprint density at radius 1 is 0.786 bits per heavy atom.